The van der Waals surface area contributed by atoms with Gasteiger partial charge in [-0.05, 0) is 49.3 Å². The summed E-state index contributed by atoms with van der Waals surface area (Å²) in [6, 6.07) is 8.28. The maximum Gasteiger partial charge on any atom is 0.320 e. The van der Waals surface area contributed by atoms with Crippen LogP contribution in [0, 0.1) is 5.92 Å². The molecule has 3 atom stereocenters. The van der Waals surface area contributed by atoms with E-state index in [2.05, 4.69) is 17.0 Å². The van der Waals surface area contributed by atoms with Gasteiger partial charge < -0.3 is 9.84 Å². The van der Waals surface area contributed by atoms with Gasteiger partial charge in [-0.3, -0.25) is 9.69 Å². The van der Waals surface area contributed by atoms with Gasteiger partial charge in [-0.25, -0.2) is 0 Å². The van der Waals surface area contributed by atoms with Crippen molar-refractivity contribution in [3.8, 4) is 5.75 Å². The van der Waals surface area contributed by atoms with Gasteiger partial charge in [0.05, 0.1) is 7.11 Å². The lowest BCUT2D eigenvalue weighted by atomic mass is 9.84. The molecule has 4 heteroatoms. The first-order valence-electron chi connectivity index (χ1n) is 8.30. The lowest BCUT2D eigenvalue weighted by molar-refractivity contribution is -0.142. The summed E-state index contributed by atoms with van der Waals surface area (Å²) in [5.41, 5.74) is 1.24. The van der Waals surface area contributed by atoms with Crippen molar-refractivity contribution in [2.45, 2.75) is 50.6 Å². The average Bonchev–Trinajstić information content (AvgIpc) is 2.92. The normalized spacial score (nSPS) is 28.3. The van der Waals surface area contributed by atoms with Crippen LogP contribution in [-0.2, 0) is 11.2 Å². The zero-order chi connectivity index (χ0) is 15.5. The Hall–Kier alpha value is -1.55. The van der Waals surface area contributed by atoms with Gasteiger partial charge >= 0.3 is 5.97 Å². The lowest BCUT2D eigenvalue weighted by Gasteiger charge is -2.33. The van der Waals surface area contributed by atoms with Crippen LogP contribution in [0.25, 0.3) is 0 Å². The molecular formula is C18H25NO3. The molecule has 1 aromatic carbocycles. The molecule has 2 fully saturated rings. The van der Waals surface area contributed by atoms with Gasteiger partial charge in [0.2, 0.25) is 0 Å². The predicted octanol–water partition coefficient (Wildman–Crippen LogP) is 2.96. The second-order valence-corrected chi connectivity index (χ2v) is 6.54. The quantitative estimate of drug-likeness (QED) is 0.908. The van der Waals surface area contributed by atoms with Crippen LogP contribution < -0.4 is 4.74 Å². The van der Waals surface area contributed by atoms with Crippen molar-refractivity contribution in [2.24, 2.45) is 5.92 Å². The molecule has 22 heavy (non-hydrogen) atoms. The number of nitrogens with zero attached hydrogens (tertiary/aromatic N) is 1. The summed E-state index contributed by atoms with van der Waals surface area (Å²) in [5.74, 6) is 0.801. The zero-order valence-electron chi connectivity index (χ0n) is 13.2. The van der Waals surface area contributed by atoms with Gasteiger partial charge in [0.25, 0.3) is 0 Å². The van der Waals surface area contributed by atoms with E-state index in [0.717, 1.165) is 31.6 Å². The number of aliphatic carboxylic acids is 1. The second-order valence-electron chi connectivity index (χ2n) is 6.54. The average molecular weight is 303 g/mol. The van der Waals surface area contributed by atoms with E-state index in [1.165, 1.54) is 24.8 Å². The number of hydrogen-bond donors (Lipinski definition) is 1. The molecule has 0 amide bonds. The number of carboxylic acid groups (broad SMARTS) is 1. The molecule has 1 N–H and O–H groups in total. The fourth-order valence-electron chi connectivity index (χ4n) is 4.17. The number of fused-ring (bicyclic) bond motifs is 1. The van der Waals surface area contributed by atoms with Crippen molar-refractivity contribution < 1.29 is 14.6 Å². The highest BCUT2D eigenvalue weighted by Crippen LogP contribution is 2.39. The highest BCUT2D eigenvalue weighted by Gasteiger charge is 2.44. The molecule has 0 unspecified atom stereocenters. The minimum Gasteiger partial charge on any atom is -0.497 e. The fourth-order valence-corrected chi connectivity index (χ4v) is 4.17. The van der Waals surface area contributed by atoms with Crippen molar-refractivity contribution in [1.82, 2.24) is 4.90 Å². The third-order valence-electron chi connectivity index (χ3n) is 5.32. The van der Waals surface area contributed by atoms with Gasteiger partial charge in [0.1, 0.15) is 11.8 Å². The highest BCUT2D eigenvalue weighted by molar-refractivity contribution is 5.74. The van der Waals surface area contributed by atoms with Crippen molar-refractivity contribution in [3.63, 3.8) is 0 Å². The molecular weight excluding hydrogens is 278 g/mol. The van der Waals surface area contributed by atoms with Crippen LogP contribution in [0.2, 0.25) is 0 Å². The summed E-state index contributed by atoms with van der Waals surface area (Å²) < 4.78 is 5.18. The molecule has 0 spiro atoms. The summed E-state index contributed by atoms with van der Waals surface area (Å²) in [6.07, 6.45) is 6.61. The zero-order valence-corrected chi connectivity index (χ0v) is 13.2. The van der Waals surface area contributed by atoms with Crippen molar-refractivity contribution in [2.75, 3.05) is 13.7 Å². The maximum atomic E-state index is 11.6. The first-order chi connectivity index (χ1) is 10.7. The summed E-state index contributed by atoms with van der Waals surface area (Å²) in [4.78, 5) is 13.9. The molecule has 0 radical (unpaired) electrons. The Balaban J connectivity index is 1.66. The van der Waals surface area contributed by atoms with Crippen molar-refractivity contribution in [1.29, 1.82) is 0 Å². The number of likely N-dealkylation sites (tertiary alicyclic amines) is 1. The van der Waals surface area contributed by atoms with E-state index in [-0.39, 0.29) is 6.04 Å². The Morgan fingerprint density at radius 3 is 2.68 bits per heavy atom. The first kappa shape index (κ1) is 15.3. The van der Waals surface area contributed by atoms with E-state index in [4.69, 9.17) is 4.74 Å². The number of methoxy groups -OCH3 is 1. The third kappa shape index (κ3) is 3.12. The maximum absolute atomic E-state index is 11.6. The number of rotatable bonds is 5. The largest absolute Gasteiger partial charge is 0.497 e. The standard InChI is InChI=1S/C18H25NO3/c1-22-15-8-6-13(7-9-15)10-11-19-16-5-3-2-4-14(16)12-17(19)18(20)21/h6-9,14,16-17H,2-5,10-12H2,1H3,(H,20,21)/t14-,16-,17-/m0/s1. The summed E-state index contributed by atoms with van der Waals surface area (Å²) >= 11 is 0. The summed E-state index contributed by atoms with van der Waals surface area (Å²) in [7, 11) is 1.67. The Morgan fingerprint density at radius 1 is 1.27 bits per heavy atom. The third-order valence-corrected chi connectivity index (χ3v) is 5.32. The predicted molar refractivity (Wildman–Crippen MR) is 85.2 cm³/mol. The van der Waals surface area contributed by atoms with E-state index >= 15 is 0 Å². The number of carbonyl (C=O) groups is 1. The number of benzene rings is 1. The van der Waals surface area contributed by atoms with Crippen LogP contribution in [0.4, 0.5) is 0 Å². The Labute approximate surface area is 132 Å². The molecule has 120 valence electrons. The topological polar surface area (TPSA) is 49.8 Å². The molecule has 1 saturated carbocycles. The van der Waals surface area contributed by atoms with Gasteiger partial charge in [-0.2, -0.15) is 0 Å². The number of carboxylic acids is 1. The second kappa shape index (κ2) is 6.69. The van der Waals surface area contributed by atoms with E-state index in [1.807, 2.05) is 12.1 Å². The van der Waals surface area contributed by atoms with Crippen molar-refractivity contribution in [3.05, 3.63) is 29.8 Å². The van der Waals surface area contributed by atoms with E-state index in [9.17, 15) is 9.90 Å². The molecule has 0 aromatic heterocycles. The Morgan fingerprint density at radius 2 is 2.00 bits per heavy atom. The smallest absolute Gasteiger partial charge is 0.320 e. The monoisotopic (exact) mass is 303 g/mol. The molecule has 1 aliphatic carbocycles. The number of hydrogen-bond acceptors (Lipinski definition) is 3. The fraction of sp³-hybridized carbons (Fsp3) is 0.611. The van der Waals surface area contributed by atoms with Gasteiger partial charge in [0, 0.05) is 12.6 Å². The number of ether oxygens (including phenoxy) is 1. The highest BCUT2D eigenvalue weighted by atomic mass is 16.5. The molecule has 1 aliphatic heterocycles. The molecule has 1 aromatic rings. The van der Waals surface area contributed by atoms with Gasteiger partial charge in [-0.1, -0.05) is 25.0 Å². The lowest BCUT2D eigenvalue weighted by Crippen LogP contribution is -2.43. The SMILES string of the molecule is COc1ccc(CCN2[C@H](C(=O)O)C[C@@H]3CCCC[C@@H]32)cc1. The molecule has 1 saturated heterocycles. The van der Waals surface area contributed by atoms with Crippen LogP contribution in [0.1, 0.15) is 37.7 Å². The minimum absolute atomic E-state index is 0.286. The van der Waals surface area contributed by atoms with Crippen LogP contribution in [0.3, 0.4) is 0 Å². The van der Waals surface area contributed by atoms with Gasteiger partial charge in [-0.15, -0.1) is 0 Å². The molecule has 3 rings (SSSR count). The summed E-state index contributed by atoms with van der Waals surface area (Å²) in [5, 5.41) is 9.54. The van der Waals surface area contributed by atoms with E-state index in [0.29, 0.717) is 12.0 Å². The van der Waals surface area contributed by atoms with Crippen LogP contribution >= 0.6 is 0 Å². The van der Waals surface area contributed by atoms with E-state index in [1.54, 1.807) is 7.11 Å². The molecule has 4 nitrogen and oxygen atoms in total. The van der Waals surface area contributed by atoms with Crippen LogP contribution in [-0.4, -0.2) is 41.7 Å². The summed E-state index contributed by atoms with van der Waals surface area (Å²) in [6.45, 7) is 0.838. The van der Waals surface area contributed by atoms with Gasteiger partial charge in [0.15, 0.2) is 0 Å². The minimum atomic E-state index is -0.649. The first-order valence-corrected chi connectivity index (χ1v) is 8.30. The van der Waals surface area contributed by atoms with Crippen molar-refractivity contribution >= 4 is 5.97 Å². The van der Waals surface area contributed by atoms with Crippen LogP contribution in [0.15, 0.2) is 24.3 Å². The van der Waals surface area contributed by atoms with E-state index < -0.39 is 5.97 Å². The van der Waals surface area contributed by atoms with Crippen LogP contribution in [0.5, 0.6) is 5.75 Å². The molecule has 2 aliphatic rings. The Kier molecular flexibility index (Phi) is 4.67. The molecule has 0 bridgehead atoms. The Bertz CT molecular complexity index is 514. The molecule has 1 heterocycles.